The molecule has 1 rings (SSSR count). The SMILES string of the molecule is CC/C=C\[N+](C)=C(/C)N=Nc1ccc(N)cc1. The molecule has 0 aliphatic rings. The minimum Gasteiger partial charge on any atom is -0.399 e. The second kappa shape index (κ2) is 6.58. The van der Waals surface area contributed by atoms with Crippen molar-refractivity contribution in [1.82, 2.24) is 0 Å². The van der Waals surface area contributed by atoms with Gasteiger partial charge in [-0.3, -0.25) is 0 Å². The minimum atomic E-state index is 0.729. The van der Waals surface area contributed by atoms with Crippen LogP contribution in [0.4, 0.5) is 11.4 Å². The first-order valence-corrected chi connectivity index (χ1v) is 5.63. The van der Waals surface area contributed by atoms with E-state index >= 15 is 0 Å². The Bertz CT molecular complexity index is 441. The summed E-state index contributed by atoms with van der Waals surface area (Å²) in [6, 6.07) is 7.30. The highest BCUT2D eigenvalue weighted by atomic mass is 15.2. The second-order valence-corrected chi connectivity index (χ2v) is 3.74. The predicted molar refractivity (Wildman–Crippen MR) is 71.7 cm³/mol. The lowest BCUT2D eigenvalue weighted by Gasteiger charge is -1.92. The number of allylic oxidation sites excluding steroid dienone is 1. The summed E-state index contributed by atoms with van der Waals surface area (Å²) in [4.78, 5) is 0. The smallest absolute Gasteiger partial charge is 0.322 e. The Morgan fingerprint density at radius 3 is 2.59 bits per heavy atom. The highest BCUT2D eigenvalue weighted by Gasteiger charge is 2.01. The van der Waals surface area contributed by atoms with Crippen molar-refractivity contribution in [1.29, 1.82) is 0 Å². The van der Waals surface area contributed by atoms with E-state index in [1.165, 1.54) is 0 Å². The molecule has 0 heterocycles. The molecule has 17 heavy (non-hydrogen) atoms. The highest BCUT2D eigenvalue weighted by molar-refractivity contribution is 5.75. The summed E-state index contributed by atoms with van der Waals surface area (Å²) in [5.74, 6) is 0.839. The van der Waals surface area contributed by atoms with Gasteiger partial charge < -0.3 is 5.73 Å². The van der Waals surface area contributed by atoms with E-state index in [0.29, 0.717) is 0 Å². The molecule has 0 bridgehead atoms. The van der Waals surface area contributed by atoms with E-state index in [1.54, 1.807) is 0 Å². The Kier molecular flexibility index (Phi) is 5.07. The van der Waals surface area contributed by atoms with Gasteiger partial charge in [0.1, 0.15) is 5.69 Å². The molecule has 2 N–H and O–H groups in total. The lowest BCUT2D eigenvalue weighted by molar-refractivity contribution is -0.423. The van der Waals surface area contributed by atoms with Crippen molar-refractivity contribution in [3.8, 4) is 0 Å². The number of anilines is 1. The van der Waals surface area contributed by atoms with Gasteiger partial charge in [0.15, 0.2) is 0 Å². The Hall–Kier alpha value is -1.97. The van der Waals surface area contributed by atoms with Crippen LogP contribution in [0.25, 0.3) is 0 Å². The maximum absolute atomic E-state index is 5.59. The first-order chi connectivity index (χ1) is 8.13. The van der Waals surface area contributed by atoms with Gasteiger partial charge in [-0.2, -0.15) is 0 Å². The number of benzene rings is 1. The van der Waals surface area contributed by atoms with Crippen molar-refractivity contribution >= 4 is 17.2 Å². The quantitative estimate of drug-likeness (QED) is 0.280. The van der Waals surface area contributed by atoms with Crippen LogP contribution in [0, 0.1) is 0 Å². The Labute approximate surface area is 102 Å². The van der Waals surface area contributed by atoms with Crippen molar-refractivity contribution in [2.45, 2.75) is 20.3 Å². The molecule has 0 saturated carbocycles. The zero-order valence-electron chi connectivity index (χ0n) is 10.6. The standard InChI is InChI=1S/C13H18N4/c1-4-5-10-17(3)11(2)15-16-13-8-6-12(14)7-9-13/h5-10,14H,4H2,1-3H3/p+1/b10-5-. The Balaban J connectivity index is 2.77. The van der Waals surface area contributed by atoms with E-state index in [4.69, 9.17) is 5.73 Å². The number of rotatable bonds is 3. The minimum absolute atomic E-state index is 0.729. The fourth-order valence-corrected chi connectivity index (χ4v) is 1.11. The van der Waals surface area contributed by atoms with E-state index < -0.39 is 0 Å². The molecule has 0 saturated heterocycles. The molecule has 4 nitrogen and oxygen atoms in total. The third-order valence-electron chi connectivity index (χ3n) is 2.28. The lowest BCUT2D eigenvalue weighted by atomic mass is 10.3. The summed E-state index contributed by atoms with van der Waals surface area (Å²) >= 11 is 0. The molecular weight excluding hydrogens is 212 g/mol. The van der Waals surface area contributed by atoms with Gasteiger partial charge in [0, 0.05) is 12.6 Å². The average molecular weight is 231 g/mol. The van der Waals surface area contributed by atoms with Gasteiger partial charge in [-0.05, 0) is 41.9 Å². The largest absolute Gasteiger partial charge is 0.399 e. The summed E-state index contributed by atoms with van der Waals surface area (Å²) in [5.41, 5.74) is 7.12. The molecule has 1 aromatic rings. The molecule has 0 fully saturated rings. The van der Waals surface area contributed by atoms with Gasteiger partial charge >= 0.3 is 5.84 Å². The summed E-state index contributed by atoms with van der Waals surface area (Å²) in [5, 5.41) is 8.29. The molecule has 0 atom stereocenters. The average Bonchev–Trinajstić information content (AvgIpc) is 2.34. The van der Waals surface area contributed by atoms with E-state index in [9.17, 15) is 0 Å². The number of nitrogens with two attached hydrogens (primary N) is 1. The number of hydrogen-bond acceptors (Lipinski definition) is 2. The van der Waals surface area contributed by atoms with E-state index in [2.05, 4.69) is 23.2 Å². The van der Waals surface area contributed by atoms with E-state index in [1.807, 2.05) is 49.0 Å². The molecule has 0 aliphatic carbocycles. The van der Waals surface area contributed by atoms with Gasteiger partial charge in [-0.15, -0.1) is 0 Å². The van der Waals surface area contributed by atoms with Crippen LogP contribution in [0.15, 0.2) is 46.8 Å². The van der Waals surface area contributed by atoms with Gasteiger partial charge in [0.2, 0.25) is 0 Å². The lowest BCUT2D eigenvalue weighted by Crippen LogP contribution is -2.04. The second-order valence-electron chi connectivity index (χ2n) is 3.74. The molecule has 1 aromatic carbocycles. The number of amidine groups is 1. The third-order valence-corrected chi connectivity index (χ3v) is 2.28. The molecule has 0 aliphatic heterocycles. The number of nitrogens with zero attached hydrogens (tertiary/aromatic N) is 3. The molecule has 0 amide bonds. The van der Waals surface area contributed by atoms with Crippen LogP contribution in [0.5, 0.6) is 0 Å². The maximum Gasteiger partial charge on any atom is 0.322 e. The molecular formula is C13H19N4+. The molecule has 0 unspecified atom stereocenters. The number of hydrogen-bond donors (Lipinski definition) is 1. The van der Waals surface area contributed by atoms with Crippen molar-refractivity contribution in [3.05, 3.63) is 36.5 Å². The van der Waals surface area contributed by atoms with Gasteiger partial charge in [0.05, 0.1) is 18.4 Å². The molecule has 0 radical (unpaired) electrons. The summed E-state index contributed by atoms with van der Waals surface area (Å²) in [7, 11) is 1.95. The van der Waals surface area contributed by atoms with Crippen LogP contribution in [0.1, 0.15) is 20.3 Å². The summed E-state index contributed by atoms with van der Waals surface area (Å²) < 4.78 is 1.93. The van der Waals surface area contributed by atoms with E-state index in [0.717, 1.165) is 23.6 Å². The topological polar surface area (TPSA) is 53.8 Å². The van der Waals surface area contributed by atoms with E-state index in [-0.39, 0.29) is 0 Å². The van der Waals surface area contributed by atoms with Crippen LogP contribution < -0.4 is 5.73 Å². The molecule has 0 aromatic heterocycles. The fraction of sp³-hybridized carbons (Fsp3) is 0.308. The molecule has 0 spiro atoms. The van der Waals surface area contributed by atoms with Gasteiger partial charge in [-0.25, -0.2) is 4.58 Å². The summed E-state index contributed by atoms with van der Waals surface area (Å²) in [6.07, 6.45) is 5.06. The molecule has 4 heteroatoms. The van der Waals surface area contributed by atoms with Crippen molar-refractivity contribution < 1.29 is 4.58 Å². The first-order valence-electron chi connectivity index (χ1n) is 5.63. The number of azo groups is 1. The van der Waals surface area contributed by atoms with Gasteiger partial charge in [-0.1, -0.05) is 6.92 Å². The monoisotopic (exact) mass is 231 g/mol. The molecule has 90 valence electrons. The highest BCUT2D eigenvalue weighted by Crippen LogP contribution is 2.14. The predicted octanol–water partition coefficient (Wildman–Crippen LogP) is 3.34. The fourth-order valence-electron chi connectivity index (χ4n) is 1.11. The Morgan fingerprint density at radius 1 is 1.35 bits per heavy atom. The van der Waals surface area contributed by atoms with Crippen LogP contribution in [-0.4, -0.2) is 17.5 Å². The van der Waals surface area contributed by atoms with Crippen LogP contribution >= 0.6 is 0 Å². The van der Waals surface area contributed by atoms with Crippen LogP contribution in [0.2, 0.25) is 0 Å². The van der Waals surface area contributed by atoms with Gasteiger partial charge in [0.25, 0.3) is 0 Å². The van der Waals surface area contributed by atoms with Crippen molar-refractivity contribution in [3.63, 3.8) is 0 Å². The number of nitrogen functional groups attached to an aromatic ring is 1. The maximum atomic E-state index is 5.59. The zero-order chi connectivity index (χ0) is 12.7. The summed E-state index contributed by atoms with van der Waals surface area (Å²) in [6.45, 7) is 4.01. The Morgan fingerprint density at radius 2 is 2.00 bits per heavy atom. The first kappa shape index (κ1) is 13.1. The van der Waals surface area contributed by atoms with Crippen molar-refractivity contribution in [2.75, 3.05) is 12.8 Å². The van der Waals surface area contributed by atoms with Crippen LogP contribution in [0.3, 0.4) is 0 Å². The van der Waals surface area contributed by atoms with Crippen LogP contribution in [-0.2, 0) is 0 Å². The zero-order valence-corrected chi connectivity index (χ0v) is 10.6. The van der Waals surface area contributed by atoms with Crippen molar-refractivity contribution in [2.24, 2.45) is 10.2 Å². The third kappa shape index (κ3) is 4.59. The normalized spacial score (nSPS) is 13.4.